The number of hydrogen-bond donors (Lipinski definition) is 1. The lowest BCUT2D eigenvalue weighted by Gasteiger charge is -2.37. The van der Waals surface area contributed by atoms with Crippen LogP contribution in [0.3, 0.4) is 0 Å². The third-order valence-electron chi connectivity index (χ3n) is 22.7. The predicted octanol–water partition coefficient (Wildman–Crippen LogP) is 18.7. The van der Waals surface area contributed by atoms with Gasteiger partial charge >= 0.3 is 14.6 Å². The summed E-state index contributed by atoms with van der Waals surface area (Å²) in [5.41, 5.74) is 28.6. The number of anilines is 3. The van der Waals surface area contributed by atoms with Gasteiger partial charge in [0.15, 0.2) is 0 Å². The summed E-state index contributed by atoms with van der Waals surface area (Å²) in [6.45, 7) is 16.0. The maximum Gasteiger partial charge on any atom is 0.494 e. The van der Waals surface area contributed by atoms with Gasteiger partial charge in [0.1, 0.15) is 0 Å². The first-order chi connectivity index (χ1) is 46.0. The van der Waals surface area contributed by atoms with E-state index < -0.39 is 40.4 Å². The van der Waals surface area contributed by atoms with Crippen LogP contribution in [0.5, 0.6) is 0 Å². The van der Waals surface area contributed by atoms with Gasteiger partial charge < -0.3 is 24.0 Å². The van der Waals surface area contributed by atoms with Gasteiger partial charge in [-0.3, -0.25) is 0 Å². The fraction of sp³-hybridized carbons (Fsp3) is 0.182. The zero-order valence-corrected chi connectivity index (χ0v) is 55.2. The average molecular weight is 1230 g/mol. The zero-order valence-electron chi connectivity index (χ0n) is 55.2. The molecule has 4 aliphatic carbocycles. The number of hydrogen-bond acceptors (Lipinski definition) is 5. The molecule has 1 atom stereocenters. The van der Waals surface area contributed by atoms with E-state index in [1.54, 1.807) is 0 Å². The number of nitrogens with zero attached hydrogens (tertiary/aromatic N) is 1. The second-order valence-corrected chi connectivity index (χ2v) is 28.9. The van der Waals surface area contributed by atoms with Gasteiger partial charge in [-0.05, 0) is 209 Å². The van der Waals surface area contributed by atoms with E-state index in [2.05, 4.69) is 312 Å². The highest BCUT2D eigenvalue weighted by Gasteiger charge is 2.55. The highest BCUT2D eigenvalue weighted by molar-refractivity contribution is 6.62. The minimum absolute atomic E-state index is 0.00403. The Bertz CT molecular complexity index is 4910. The van der Waals surface area contributed by atoms with Crippen molar-refractivity contribution in [2.24, 2.45) is 0 Å². The molecular formula is C88H75B2NO4. The fourth-order valence-corrected chi connectivity index (χ4v) is 16.5. The maximum absolute atomic E-state index is 11.0. The van der Waals surface area contributed by atoms with Crippen molar-refractivity contribution in [2.75, 3.05) is 4.90 Å². The second-order valence-electron chi connectivity index (χ2n) is 28.9. The van der Waals surface area contributed by atoms with Gasteiger partial charge in [-0.2, -0.15) is 0 Å². The van der Waals surface area contributed by atoms with E-state index in [0.717, 1.165) is 45.5 Å². The molecule has 5 nitrogen and oxygen atoms in total. The zero-order chi connectivity index (χ0) is 64.8. The van der Waals surface area contributed by atoms with E-state index in [4.69, 9.17) is 14.0 Å². The third kappa shape index (κ3) is 8.86. The van der Waals surface area contributed by atoms with Crippen molar-refractivity contribution in [3.63, 3.8) is 0 Å². The molecule has 1 N–H and O–H groups in total. The summed E-state index contributed by atoms with van der Waals surface area (Å²) >= 11 is 0. The van der Waals surface area contributed by atoms with E-state index in [0.29, 0.717) is 7.48 Å². The Labute approximate surface area is 560 Å². The Balaban J connectivity index is 0.750. The predicted molar refractivity (Wildman–Crippen MR) is 392 cm³/mol. The summed E-state index contributed by atoms with van der Waals surface area (Å²) in [7, 11) is -0.0909. The molecule has 5 aliphatic rings. The van der Waals surface area contributed by atoms with E-state index in [9.17, 15) is 5.11 Å². The lowest BCUT2D eigenvalue weighted by atomic mass is 9.70. The van der Waals surface area contributed by atoms with Gasteiger partial charge in [0.2, 0.25) is 0 Å². The van der Waals surface area contributed by atoms with Gasteiger partial charge in [0.05, 0.1) is 38.9 Å². The van der Waals surface area contributed by atoms with Crippen LogP contribution in [-0.2, 0) is 31.2 Å². The van der Waals surface area contributed by atoms with E-state index in [-0.39, 0.29) is 5.92 Å². The standard InChI is InChI=1S/C88H75B2NO4/c1-83(2,92)84(3,4)93-89-60-47-43-59(44-48-60)71(68-29-21-36-78-81(68)69-27-13-19-34-76(69)87(78)72-30-15-9-23-64(72)65-24-10-16-31-73(65)87)55-56-39-41-57(42-40-56)58-45-51-62(52-46-58)91(63-53-49-61(50-54-63)90-94-85(5,6)86(7,8)95-90)80-38-22-37-79-82(80)70-28-14-20-35-77(70)88(79)74-32-17-11-25-66(74)67-26-12-18-33-75(67)88/h9-54,71,89,92H,55H2,1-8H3. The topological polar surface area (TPSA) is 51.2 Å². The van der Waals surface area contributed by atoms with Crippen LogP contribution in [0.2, 0.25) is 0 Å². The second kappa shape index (κ2) is 21.7. The van der Waals surface area contributed by atoms with Crippen molar-refractivity contribution in [1.29, 1.82) is 0 Å². The van der Waals surface area contributed by atoms with Crippen molar-refractivity contribution >= 4 is 42.6 Å². The number of fused-ring (bicyclic) bond motifs is 20. The van der Waals surface area contributed by atoms with Crippen LogP contribution in [0.4, 0.5) is 17.1 Å². The monoisotopic (exact) mass is 1230 g/mol. The normalized spacial score (nSPS) is 16.1. The van der Waals surface area contributed by atoms with Crippen LogP contribution in [0.25, 0.3) is 55.6 Å². The molecule has 0 saturated carbocycles. The van der Waals surface area contributed by atoms with Crippen LogP contribution in [-0.4, -0.2) is 42.1 Å². The quantitative estimate of drug-likeness (QED) is 0.117. The fourth-order valence-electron chi connectivity index (χ4n) is 16.5. The summed E-state index contributed by atoms with van der Waals surface area (Å²) in [5, 5.41) is 11.0. The molecule has 1 saturated heterocycles. The van der Waals surface area contributed by atoms with Crippen LogP contribution >= 0.6 is 0 Å². The Hall–Kier alpha value is -9.59. The van der Waals surface area contributed by atoms with Crippen molar-refractivity contribution in [2.45, 2.75) is 101 Å². The van der Waals surface area contributed by atoms with Crippen LogP contribution < -0.4 is 15.8 Å². The molecule has 0 aromatic heterocycles. The molecule has 462 valence electrons. The smallest absolute Gasteiger partial charge is 0.427 e. The minimum atomic E-state index is -1.01. The number of aliphatic hydroxyl groups is 1. The van der Waals surface area contributed by atoms with Crippen LogP contribution in [0, 0.1) is 0 Å². The summed E-state index contributed by atoms with van der Waals surface area (Å²) in [6.07, 6.45) is 0.783. The molecule has 0 bridgehead atoms. The molecule has 1 fully saturated rings. The molecule has 1 aliphatic heterocycles. The van der Waals surface area contributed by atoms with Crippen molar-refractivity contribution in [3.05, 3.63) is 340 Å². The lowest BCUT2D eigenvalue weighted by molar-refractivity contribution is -0.0893. The SMILES string of the molecule is CC(C)(O)C(C)(C)OBc1ccc(C(Cc2ccc(-c3ccc(N(c4ccc(B5OC(C)(C)C(C)(C)O5)cc4)c4cccc5c4-c4ccccc4C54c5ccccc5-c5ccccc54)cc3)cc2)c2cccc3c2-c2ccccc2C32c3ccccc3-c3ccccc32)cc1. The first-order valence-corrected chi connectivity index (χ1v) is 33.7. The highest BCUT2D eigenvalue weighted by atomic mass is 16.7. The molecule has 0 radical (unpaired) electrons. The van der Waals surface area contributed by atoms with Gasteiger partial charge in [-0.1, -0.05) is 254 Å². The summed E-state index contributed by atoms with van der Waals surface area (Å²) in [4.78, 5) is 2.45. The molecule has 1 heterocycles. The van der Waals surface area contributed by atoms with E-state index >= 15 is 0 Å². The van der Waals surface area contributed by atoms with Crippen molar-refractivity contribution in [3.8, 4) is 55.6 Å². The molecule has 95 heavy (non-hydrogen) atoms. The van der Waals surface area contributed by atoms with Gasteiger partial charge in [-0.15, -0.1) is 0 Å². The summed E-state index contributed by atoms with van der Waals surface area (Å²) < 4.78 is 19.6. The molecule has 12 aromatic carbocycles. The summed E-state index contributed by atoms with van der Waals surface area (Å²) in [6, 6.07) is 105. The first-order valence-electron chi connectivity index (χ1n) is 33.7. The molecule has 12 aromatic rings. The molecule has 7 heteroatoms. The minimum Gasteiger partial charge on any atom is -0.427 e. The number of benzene rings is 12. The number of rotatable bonds is 13. The average Bonchev–Trinajstić information content (AvgIpc) is 1.52. The van der Waals surface area contributed by atoms with Gasteiger partial charge in [0.25, 0.3) is 0 Å². The Morgan fingerprint density at radius 1 is 0.421 bits per heavy atom. The van der Waals surface area contributed by atoms with Crippen LogP contribution in [0.1, 0.15) is 123 Å². The molecule has 0 amide bonds. The van der Waals surface area contributed by atoms with Crippen molar-refractivity contribution in [1.82, 2.24) is 0 Å². The van der Waals surface area contributed by atoms with Gasteiger partial charge in [0, 0.05) is 22.9 Å². The lowest BCUT2D eigenvalue weighted by Crippen LogP contribution is -2.49. The Morgan fingerprint density at radius 2 is 0.811 bits per heavy atom. The van der Waals surface area contributed by atoms with E-state index in [1.807, 2.05) is 27.7 Å². The molecular weight excluding hydrogens is 1160 g/mol. The Kier molecular flexibility index (Phi) is 13.5. The van der Waals surface area contributed by atoms with Crippen LogP contribution in [0.15, 0.2) is 279 Å². The molecule has 1 unspecified atom stereocenters. The molecule has 17 rings (SSSR count). The summed E-state index contributed by atoms with van der Waals surface area (Å²) in [5.74, 6) is 0.00403. The largest absolute Gasteiger partial charge is 0.494 e. The van der Waals surface area contributed by atoms with Gasteiger partial charge in [-0.25, -0.2) is 0 Å². The molecule has 2 spiro atoms. The first kappa shape index (κ1) is 59.2. The maximum atomic E-state index is 11.0. The third-order valence-corrected chi connectivity index (χ3v) is 22.7. The highest BCUT2D eigenvalue weighted by Crippen LogP contribution is 2.66. The Morgan fingerprint density at radius 3 is 1.28 bits per heavy atom. The van der Waals surface area contributed by atoms with E-state index in [1.165, 1.54) is 106 Å². The van der Waals surface area contributed by atoms with Crippen molar-refractivity contribution < 1.29 is 19.1 Å².